The van der Waals surface area contributed by atoms with Gasteiger partial charge in [-0.3, -0.25) is 9.89 Å². The molecule has 0 spiro atoms. The maximum absolute atomic E-state index is 5.55. The molecule has 1 aromatic heterocycles. The van der Waals surface area contributed by atoms with Crippen LogP contribution < -0.4 is 14.8 Å². The number of aromatic nitrogens is 3. The van der Waals surface area contributed by atoms with Crippen molar-refractivity contribution in [2.75, 3.05) is 53.5 Å². The topological polar surface area (TPSA) is 80.0 Å². The van der Waals surface area contributed by atoms with Crippen molar-refractivity contribution in [3.8, 4) is 11.5 Å². The molecule has 0 atom stereocenters. The third-order valence-corrected chi connectivity index (χ3v) is 5.69. The second kappa shape index (κ2) is 14.2. The third-order valence-electron chi connectivity index (χ3n) is 5.69. The molecule has 0 aliphatic carbocycles. The molecule has 9 nitrogen and oxygen atoms in total. The second-order valence-electron chi connectivity index (χ2n) is 7.87. The molecular weight excluding hydrogens is 533 g/mol. The zero-order chi connectivity index (χ0) is 22.8. The van der Waals surface area contributed by atoms with E-state index in [0.29, 0.717) is 0 Å². The smallest absolute Gasteiger partial charge is 0.194 e. The summed E-state index contributed by atoms with van der Waals surface area (Å²) >= 11 is 0. The van der Waals surface area contributed by atoms with E-state index in [0.717, 1.165) is 94.0 Å². The first-order valence-electron chi connectivity index (χ1n) is 11.5. The summed E-state index contributed by atoms with van der Waals surface area (Å²) in [5.74, 6) is 3.77. The van der Waals surface area contributed by atoms with Crippen LogP contribution in [0.1, 0.15) is 31.7 Å². The monoisotopic (exact) mass is 571 g/mol. The quantitative estimate of drug-likeness (QED) is 0.267. The predicted molar refractivity (Wildman–Crippen MR) is 142 cm³/mol. The molecule has 2 heterocycles. The summed E-state index contributed by atoms with van der Waals surface area (Å²) < 4.78 is 13.0. The number of benzene rings is 1. The highest BCUT2D eigenvalue weighted by Gasteiger charge is 2.21. The fraction of sp³-hybridized carbons (Fsp3) is 0.609. The molecule has 1 aliphatic heterocycles. The van der Waals surface area contributed by atoms with Crippen molar-refractivity contribution in [3.05, 3.63) is 35.9 Å². The van der Waals surface area contributed by atoms with Gasteiger partial charge < -0.3 is 24.3 Å². The summed E-state index contributed by atoms with van der Waals surface area (Å²) in [5.41, 5.74) is 1.15. The lowest BCUT2D eigenvalue weighted by atomic mass is 10.1. The van der Waals surface area contributed by atoms with Crippen LogP contribution in [0.4, 0.5) is 0 Å². The first-order chi connectivity index (χ1) is 15.7. The van der Waals surface area contributed by atoms with E-state index in [1.165, 1.54) is 0 Å². The van der Waals surface area contributed by atoms with Crippen LogP contribution >= 0.6 is 24.0 Å². The highest BCUT2D eigenvalue weighted by Crippen LogP contribution is 2.25. The van der Waals surface area contributed by atoms with Gasteiger partial charge in [-0.15, -0.1) is 34.2 Å². The van der Waals surface area contributed by atoms with E-state index < -0.39 is 0 Å². The van der Waals surface area contributed by atoms with Gasteiger partial charge in [0.05, 0.1) is 14.2 Å². The van der Waals surface area contributed by atoms with Crippen molar-refractivity contribution in [2.45, 2.75) is 39.8 Å². The van der Waals surface area contributed by atoms with Gasteiger partial charge in [-0.2, -0.15) is 0 Å². The van der Waals surface area contributed by atoms with Crippen LogP contribution in [0.5, 0.6) is 11.5 Å². The largest absolute Gasteiger partial charge is 0.497 e. The van der Waals surface area contributed by atoms with E-state index in [2.05, 4.69) is 49.8 Å². The Morgan fingerprint density at radius 1 is 1.12 bits per heavy atom. The van der Waals surface area contributed by atoms with Crippen molar-refractivity contribution in [2.24, 2.45) is 4.99 Å². The van der Waals surface area contributed by atoms with E-state index in [4.69, 9.17) is 14.5 Å². The molecule has 33 heavy (non-hydrogen) atoms. The van der Waals surface area contributed by atoms with Gasteiger partial charge in [0, 0.05) is 64.3 Å². The van der Waals surface area contributed by atoms with Gasteiger partial charge in [0.25, 0.3) is 0 Å². The van der Waals surface area contributed by atoms with E-state index in [1.807, 2.05) is 12.1 Å². The minimum Gasteiger partial charge on any atom is -0.497 e. The van der Waals surface area contributed by atoms with Crippen LogP contribution in [0.3, 0.4) is 0 Å². The number of hydrogen-bond donors (Lipinski definition) is 1. The fourth-order valence-electron chi connectivity index (χ4n) is 3.88. The van der Waals surface area contributed by atoms with E-state index >= 15 is 0 Å². The lowest BCUT2D eigenvalue weighted by Gasteiger charge is -2.36. The summed E-state index contributed by atoms with van der Waals surface area (Å²) in [4.78, 5) is 9.64. The van der Waals surface area contributed by atoms with Crippen LogP contribution in [0.2, 0.25) is 0 Å². The number of guanidine groups is 1. The Labute approximate surface area is 214 Å². The highest BCUT2D eigenvalue weighted by atomic mass is 127. The molecule has 10 heteroatoms. The maximum atomic E-state index is 5.55. The fourth-order valence-corrected chi connectivity index (χ4v) is 3.88. The second-order valence-corrected chi connectivity index (χ2v) is 7.87. The molecule has 1 aliphatic rings. The number of rotatable bonds is 10. The van der Waals surface area contributed by atoms with Crippen molar-refractivity contribution in [3.63, 3.8) is 0 Å². The van der Waals surface area contributed by atoms with Gasteiger partial charge in [0.2, 0.25) is 0 Å². The SMILES string of the molecule is CCCN=C(NCCn1cnnc1CC)N1CCN(Cc2cc(OC)ccc2OC)CC1.I. The molecule has 0 saturated carbocycles. The first-order valence-corrected chi connectivity index (χ1v) is 11.5. The van der Waals surface area contributed by atoms with E-state index in [9.17, 15) is 0 Å². The molecule has 0 unspecified atom stereocenters. The molecule has 0 radical (unpaired) electrons. The summed E-state index contributed by atoms with van der Waals surface area (Å²) in [6, 6.07) is 5.98. The van der Waals surface area contributed by atoms with Crippen LogP contribution in [-0.4, -0.2) is 84.0 Å². The minimum absolute atomic E-state index is 0. The van der Waals surface area contributed by atoms with Gasteiger partial charge in [0.15, 0.2) is 5.96 Å². The average Bonchev–Trinajstić information content (AvgIpc) is 3.29. The average molecular weight is 572 g/mol. The lowest BCUT2D eigenvalue weighted by molar-refractivity contribution is 0.170. The Morgan fingerprint density at radius 3 is 2.58 bits per heavy atom. The number of aliphatic imine (C=N–C) groups is 1. The van der Waals surface area contributed by atoms with Crippen LogP contribution in [0.15, 0.2) is 29.5 Å². The lowest BCUT2D eigenvalue weighted by Crippen LogP contribution is -2.52. The van der Waals surface area contributed by atoms with Crippen molar-refractivity contribution in [1.29, 1.82) is 0 Å². The zero-order valence-electron chi connectivity index (χ0n) is 20.3. The Bertz CT molecular complexity index is 866. The number of piperazine rings is 1. The molecule has 1 aromatic carbocycles. The standard InChI is InChI=1S/C23H37N7O2.HI/c1-5-9-24-23(25-10-11-30-18-26-27-22(30)6-2)29-14-12-28(13-15-29)17-19-16-20(31-3)7-8-21(19)32-4;/h7-8,16,18H,5-6,9-15,17H2,1-4H3,(H,24,25);1H. The number of halogens is 1. The first kappa shape index (κ1) is 27.2. The molecule has 1 saturated heterocycles. The number of nitrogens with zero attached hydrogens (tertiary/aromatic N) is 6. The van der Waals surface area contributed by atoms with E-state index in [1.54, 1.807) is 20.5 Å². The normalized spacial score (nSPS) is 14.7. The van der Waals surface area contributed by atoms with Crippen molar-refractivity contribution >= 4 is 29.9 Å². The Kier molecular flexibility index (Phi) is 11.7. The third kappa shape index (κ3) is 7.73. The van der Waals surface area contributed by atoms with Crippen LogP contribution in [-0.2, 0) is 19.5 Å². The summed E-state index contributed by atoms with van der Waals surface area (Å²) in [6.07, 6.45) is 3.72. The van der Waals surface area contributed by atoms with Gasteiger partial charge in [-0.1, -0.05) is 13.8 Å². The molecular formula is C23H38IN7O2. The highest BCUT2D eigenvalue weighted by molar-refractivity contribution is 14.0. The van der Waals surface area contributed by atoms with Gasteiger partial charge in [-0.25, -0.2) is 0 Å². The molecule has 3 rings (SSSR count). The molecule has 0 amide bonds. The van der Waals surface area contributed by atoms with Gasteiger partial charge in [0.1, 0.15) is 23.7 Å². The summed E-state index contributed by atoms with van der Waals surface area (Å²) in [7, 11) is 3.41. The number of methoxy groups -OCH3 is 2. The molecule has 2 aromatic rings. The number of nitrogens with one attached hydrogen (secondary N) is 1. The number of hydrogen-bond acceptors (Lipinski definition) is 6. The maximum Gasteiger partial charge on any atom is 0.194 e. The Balaban J connectivity index is 0.00000385. The van der Waals surface area contributed by atoms with Crippen LogP contribution in [0.25, 0.3) is 0 Å². The summed E-state index contributed by atoms with van der Waals surface area (Å²) in [5, 5.41) is 11.7. The Morgan fingerprint density at radius 2 is 1.91 bits per heavy atom. The van der Waals surface area contributed by atoms with Gasteiger partial charge >= 0.3 is 0 Å². The zero-order valence-corrected chi connectivity index (χ0v) is 22.6. The van der Waals surface area contributed by atoms with Crippen molar-refractivity contribution < 1.29 is 9.47 Å². The number of aryl methyl sites for hydroxylation is 1. The van der Waals surface area contributed by atoms with Gasteiger partial charge in [-0.05, 0) is 24.6 Å². The molecule has 0 bridgehead atoms. The van der Waals surface area contributed by atoms with Crippen molar-refractivity contribution in [1.82, 2.24) is 29.9 Å². The van der Waals surface area contributed by atoms with E-state index in [-0.39, 0.29) is 24.0 Å². The molecule has 184 valence electrons. The summed E-state index contributed by atoms with van der Waals surface area (Å²) in [6.45, 7) is 11.4. The molecule has 1 fully saturated rings. The van der Waals surface area contributed by atoms with Crippen LogP contribution in [0, 0.1) is 0 Å². The number of ether oxygens (including phenoxy) is 2. The minimum atomic E-state index is 0. The molecule has 1 N–H and O–H groups in total. The Hall–Kier alpha value is -2.08. The predicted octanol–water partition coefficient (Wildman–Crippen LogP) is 2.65.